The first-order chi connectivity index (χ1) is 17.0. The lowest BCUT2D eigenvalue weighted by atomic mass is 9.91. The predicted octanol–water partition coefficient (Wildman–Crippen LogP) is 0.755. The molecule has 10 heteroatoms. The maximum Gasteiger partial charge on any atom is 0.264 e. The fraction of sp³-hybridized carbons (Fsp3) is 0.520. The van der Waals surface area contributed by atoms with Gasteiger partial charge in [0.1, 0.15) is 11.7 Å². The Hall–Kier alpha value is -3.24. The van der Waals surface area contributed by atoms with Crippen LogP contribution in [0.3, 0.4) is 0 Å². The number of aromatic nitrogens is 4. The van der Waals surface area contributed by atoms with Gasteiger partial charge in [0.25, 0.3) is 5.56 Å². The van der Waals surface area contributed by atoms with Crippen LogP contribution in [0.25, 0.3) is 16.7 Å². The maximum absolute atomic E-state index is 13.3. The first-order valence-electron chi connectivity index (χ1n) is 12.5. The van der Waals surface area contributed by atoms with Crippen LogP contribution >= 0.6 is 0 Å². The third-order valence-electron chi connectivity index (χ3n) is 7.51. The highest BCUT2D eigenvalue weighted by atomic mass is 16.3. The summed E-state index contributed by atoms with van der Waals surface area (Å²) in [6.07, 6.45) is 5.92. The lowest BCUT2D eigenvalue weighted by Gasteiger charge is -2.38. The zero-order chi connectivity index (χ0) is 24.0. The number of nitrogens with one attached hydrogen (secondary N) is 1. The molecule has 2 N–H and O–H groups in total. The van der Waals surface area contributed by atoms with Crippen LogP contribution in [0.15, 0.2) is 41.6 Å². The molecule has 4 heterocycles. The van der Waals surface area contributed by atoms with Crippen molar-refractivity contribution in [2.75, 3.05) is 44.2 Å². The van der Waals surface area contributed by atoms with Gasteiger partial charge in [0.05, 0.1) is 24.0 Å². The summed E-state index contributed by atoms with van der Waals surface area (Å²) in [4.78, 5) is 34.3. The molecule has 0 bridgehead atoms. The third kappa shape index (κ3) is 4.32. The van der Waals surface area contributed by atoms with Gasteiger partial charge in [-0.2, -0.15) is 5.10 Å². The topological polar surface area (TPSA) is 109 Å². The van der Waals surface area contributed by atoms with Gasteiger partial charge in [0.15, 0.2) is 5.65 Å². The quantitative estimate of drug-likeness (QED) is 0.558. The Bertz CT molecular complexity index is 1300. The van der Waals surface area contributed by atoms with E-state index in [1.165, 1.54) is 10.9 Å². The highest BCUT2D eigenvalue weighted by molar-refractivity contribution is 5.81. The molecule has 2 aliphatic heterocycles. The molecule has 0 spiro atoms. The molecular formula is C25H31N7O3. The van der Waals surface area contributed by atoms with E-state index in [0.717, 1.165) is 50.4 Å². The highest BCUT2D eigenvalue weighted by Crippen LogP contribution is 2.33. The van der Waals surface area contributed by atoms with Gasteiger partial charge >= 0.3 is 0 Å². The lowest BCUT2D eigenvalue weighted by molar-refractivity contribution is -0.137. The van der Waals surface area contributed by atoms with Crippen molar-refractivity contribution >= 4 is 22.6 Å². The Balaban J connectivity index is 1.22. The van der Waals surface area contributed by atoms with Crippen molar-refractivity contribution in [3.63, 3.8) is 0 Å². The molecular weight excluding hydrogens is 446 g/mol. The zero-order valence-electron chi connectivity index (χ0n) is 19.8. The smallest absolute Gasteiger partial charge is 0.264 e. The minimum Gasteiger partial charge on any atom is -0.388 e. The molecule has 1 aliphatic carbocycles. The van der Waals surface area contributed by atoms with E-state index in [1.807, 2.05) is 17.0 Å². The summed E-state index contributed by atoms with van der Waals surface area (Å²) < 4.78 is 3.17. The van der Waals surface area contributed by atoms with E-state index in [0.29, 0.717) is 37.0 Å². The molecule has 0 atom stereocenters. The normalized spacial score (nSPS) is 20.4. The molecule has 2 saturated heterocycles. The van der Waals surface area contributed by atoms with Crippen LogP contribution in [-0.4, -0.2) is 80.1 Å². The molecule has 3 aliphatic rings. The summed E-state index contributed by atoms with van der Waals surface area (Å²) in [5, 5.41) is 19.4. The molecule has 184 valence electrons. The van der Waals surface area contributed by atoms with Crippen LogP contribution in [0.1, 0.15) is 25.7 Å². The van der Waals surface area contributed by atoms with Crippen molar-refractivity contribution < 1.29 is 9.90 Å². The van der Waals surface area contributed by atoms with Gasteiger partial charge in [0.2, 0.25) is 5.91 Å². The van der Waals surface area contributed by atoms with E-state index in [4.69, 9.17) is 0 Å². The first kappa shape index (κ1) is 22.2. The molecule has 1 aromatic carbocycles. The van der Waals surface area contributed by atoms with Crippen LogP contribution in [0.4, 0.5) is 5.69 Å². The number of rotatable bonds is 5. The highest BCUT2D eigenvalue weighted by Gasteiger charge is 2.39. The van der Waals surface area contributed by atoms with Crippen molar-refractivity contribution in [2.45, 2.75) is 37.8 Å². The Morgan fingerprint density at radius 2 is 1.86 bits per heavy atom. The van der Waals surface area contributed by atoms with Crippen molar-refractivity contribution in [2.24, 2.45) is 5.92 Å². The minimum absolute atomic E-state index is 0.157. The van der Waals surface area contributed by atoms with Gasteiger partial charge in [-0.1, -0.05) is 6.07 Å². The van der Waals surface area contributed by atoms with Gasteiger partial charge in [0, 0.05) is 50.9 Å². The van der Waals surface area contributed by atoms with Gasteiger partial charge in [-0.15, -0.1) is 0 Å². The molecule has 10 nitrogen and oxygen atoms in total. The van der Waals surface area contributed by atoms with E-state index in [1.54, 1.807) is 10.9 Å². The number of carbonyl (C=O) groups is 1. The van der Waals surface area contributed by atoms with E-state index >= 15 is 0 Å². The van der Waals surface area contributed by atoms with Crippen LogP contribution in [0.5, 0.6) is 0 Å². The molecule has 0 unspecified atom stereocenters. The average molecular weight is 478 g/mol. The standard InChI is InChI=1S/C25H31N7O3/c33-23(18-4-5-18)30-10-6-25(35,7-11-30)16-31-17-27-22-21(24(31)34)15-28-32(22)20-3-1-2-19(14-20)29-12-8-26-9-13-29/h1-3,14-15,17-18,26,35H,4-13,16H2. The number of fused-ring (bicyclic) bond motifs is 1. The number of carbonyl (C=O) groups excluding carboxylic acids is 1. The second-order valence-electron chi connectivity index (χ2n) is 10.1. The van der Waals surface area contributed by atoms with Crippen LogP contribution in [-0.2, 0) is 11.3 Å². The zero-order valence-corrected chi connectivity index (χ0v) is 19.8. The van der Waals surface area contributed by atoms with Gasteiger partial charge in [-0.05, 0) is 43.9 Å². The van der Waals surface area contributed by atoms with Gasteiger partial charge in [-0.25, -0.2) is 9.67 Å². The Labute approximate surface area is 203 Å². The van der Waals surface area contributed by atoms with Crippen LogP contribution in [0.2, 0.25) is 0 Å². The number of piperidine rings is 1. The van der Waals surface area contributed by atoms with Crippen molar-refractivity contribution in [1.82, 2.24) is 29.5 Å². The summed E-state index contributed by atoms with van der Waals surface area (Å²) in [6, 6.07) is 8.12. The number of hydrogen-bond acceptors (Lipinski definition) is 7. The summed E-state index contributed by atoms with van der Waals surface area (Å²) in [5.41, 5.74) is 1.22. The molecule has 3 aromatic rings. The third-order valence-corrected chi connectivity index (χ3v) is 7.51. The molecule has 35 heavy (non-hydrogen) atoms. The largest absolute Gasteiger partial charge is 0.388 e. The summed E-state index contributed by atoms with van der Waals surface area (Å²) in [7, 11) is 0. The van der Waals surface area contributed by atoms with Crippen molar-refractivity contribution in [3.05, 3.63) is 47.1 Å². The number of amides is 1. The van der Waals surface area contributed by atoms with E-state index in [2.05, 4.69) is 32.4 Å². The number of hydrogen-bond donors (Lipinski definition) is 2. The predicted molar refractivity (Wildman–Crippen MR) is 132 cm³/mol. The summed E-state index contributed by atoms with van der Waals surface area (Å²) in [5.74, 6) is 0.394. The SMILES string of the molecule is O=C(C1CC1)N1CCC(O)(Cn2cnc3c(cnn3-c3cccc(N4CCNCC4)c3)c2=O)CC1. The van der Waals surface area contributed by atoms with Crippen molar-refractivity contribution in [3.8, 4) is 5.69 Å². The number of piperazine rings is 1. The Morgan fingerprint density at radius 1 is 1.11 bits per heavy atom. The monoisotopic (exact) mass is 477 g/mol. The summed E-state index contributed by atoms with van der Waals surface area (Å²) >= 11 is 0. The minimum atomic E-state index is -1.03. The first-order valence-corrected chi connectivity index (χ1v) is 12.5. The second kappa shape index (κ2) is 8.76. The van der Waals surface area contributed by atoms with Gasteiger partial charge < -0.3 is 20.2 Å². The van der Waals surface area contributed by atoms with Crippen molar-refractivity contribution in [1.29, 1.82) is 0 Å². The number of anilines is 1. The average Bonchev–Trinajstić information content (AvgIpc) is 3.65. The number of likely N-dealkylation sites (tertiary alicyclic amines) is 1. The van der Waals surface area contributed by atoms with Gasteiger partial charge in [-0.3, -0.25) is 14.2 Å². The Kier molecular flexibility index (Phi) is 5.57. The molecule has 6 rings (SSSR count). The number of aliphatic hydroxyl groups is 1. The van der Waals surface area contributed by atoms with E-state index in [-0.39, 0.29) is 23.9 Å². The van der Waals surface area contributed by atoms with Crippen LogP contribution < -0.4 is 15.8 Å². The van der Waals surface area contributed by atoms with E-state index in [9.17, 15) is 14.7 Å². The maximum atomic E-state index is 13.3. The second-order valence-corrected chi connectivity index (χ2v) is 10.1. The molecule has 0 radical (unpaired) electrons. The number of nitrogens with zero attached hydrogens (tertiary/aromatic N) is 6. The fourth-order valence-electron chi connectivity index (χ4n) is 5.20. The fourth-order valence-corrected chi connectivity index (χ4v) is 5.20. The summed E-state index contributed by atoms with van der Waals surface area (Å²) in [6.45, 7) is 5.01. The van der Waals surface area contributed by atoms with E-state index < -0.39 is 5.60 Å². The lowest BCUT2D eigenvalue weighted by Crippen LogP contribution is -2.50. The Morgan fingerprint density at radius 3 is 2.60 bits per heavy atom. The van der Waals surface area contributed by atoms with Crippen LogP contribution in [0, 0.1) is 5.92 Å². The molecule has 1 amide bonds. The molecule has 1 saturated carbocycles. The number of benzene rings is 1. The molecule has 3 fully saturated rings. The molecule has 2 aromatic heterocycles.